The summed E-state index contributed by atoms with van der Waals surface area (Å²) in [5.41, 5.74) is 0.783. The molecule has 0 aliphatic heterocycles. The quantitative estimate of drug-likeness (QED) is 0.807. The summed E-state index contributed by atoms with van der Waals surface area (Å²) in [4.78, 5) is 0.0790. The third-order valence-electron chi connectivity index (χ3n) is 2.63. The van der Waals surface area contributed by atoms with Crippen LogP contribution in [0, 0.1) is 0 Å². The van der Waals surface area contributed by atoms with Gasteiger partial charge in [-0.3, -0.25) is 0 Å². The molecule has 0 saturated carbocycles. The maximum atomic E-state index is 12.0. The third-order valence-corrected chi connectivity index (χ3v) is 6.44. The maximum Gasteiger partial charge on any atom is 0.179 e. The number of rotatable bonds is 7. The highest BCUT2D eigenvalue weighted by Crippen LogP contribution is 2.14. The second kappa shape index (κ2) is 6.51. The third kappa shape index (κ3) is 5.07. The maximum absolute atomic E-state index is 12.0. The highest BCUT2D eigenvalue weighted by molar-refractivity contribution is 7.95. The van der Waals surface area contributed by atoms with Gasteiger partial charge >= 0.3 is 0 Å². The summed E-state index contributed by atoms with van der Waals surface area (Å²) in [6, 6.07) is 6.05. The van der Waals surface area contributed by atoms with E-state index in [1.165, 1.54) is 19.1 Å². The van der Waals surface area contributed by atoms with Crippen molar-refractivity contribution in [3.05, 3.63) is 36.4 Å². The fraction of sp³-hybridized carbons (Fsp3) is 0.385. The molecule has 0 bridgehead atoms. The van der Waals surface area contributed by atoms with Gasteiger partial charge in [-0.2, -0.15) is 0 Å². The number of aliphatic hydroxyl groups is 1. The van der Waals surface area contributed by atoms with Gasteiger partial charge in [0.15, 0.2) is 19.7 Å². The van der Waals surface area contributed by atoms with Crippen molar-refractivity contribution in [1.29, 1.82) is 0 Å². The summed E-state index contributed by atoms with van der Waals surface area (Å²) in [7, 11) is -7.23. The van der Waals surface area contributed by atoms with Crippen molar-refractivity contribution < 1.29 is 21.9 Å². The second-order valence-corrected chi connectivity index (χ2v) is 8.89. The summed E-state index contributed by atoms with van der Waals surface area (Å²) in [6.07, 6.45) is 0.582. The average Bonchev–Trinajstić information content (AvgIpc) is 2.35. The number of hydrogen-bond acceptors (Lipinski definition) is 5. The van der Waals surface area contributed by atoms with Crippen LogP contribution in [0.4, 0.5) is 0 Å². The van der Waals surface area contributed by atoms with Gasteiger partial charge in [-0.25, -0.2) is 16.8 Å². The molecule has 1 unspecified atom stereocenters. The van der Waals surface area contributed by atoms with Crippen LogP contribution >= 0.6 is 0 Å². The van der Waals surface area contributed by atoms with E-state index < -0.39 is 43.0 Å². The molecule has 7 heteroatoms. The molecule has 0 amide bonds. The van der Waals surface area contributed by atoms with Crippen LogP contribution in [0.5, 0.6) is 0 Å². The molecular formula is C13H18O5S2. The lowest BCUT2D eigenvalue weighted by Gasteiger charge is -2.07. The van der Waals surface area contributed by atoms with Gasteiger partial charge in [-0.05, 0) is 24.6 Å². The topological polar surface area (TPSA) is 88.5 Å². The molecule has 0 heterocycles. The molecule has 1 atom stereocenters. The molecule has 0 fully saturated rings. The molecule has 1 aromatic carbocycles. The largest absolute Gasteiger partial charge is 0.392 e. The molecular weight excluding hydrogens is 300 g/mol. The molecule has 112 valence electrons. The molecule has 0 spiro atoms. The number of aliphatic hydroxyl groups excluding tert-OH is 1. The lowest BCUT2D eigenvalue weighted by Crippen LogP contribution is -2.24. The van der Waals surface area contributed by atoms with Gasteiger partial charge in [0.05, 0.1) is 28.3 Å². The van der Waals surface area contributed by atoms with Crippen molar-refractivity contribution >= 4 is 25.8 Å². The zero-order valence-corrected chi connectivity index (χ0v) is 12.8. The van der Waals surface area contributed by atoms with Crippen LogP contribution in [0.3, 0.4) is 0 Å². The van der Waals surface area contributed by atoms with Crippen molar-refractivity contribution in [3.63, 3.8) is 0 Å². The first-order chi connectivity index (χ1) is 9.16. The predicted molar refractivity (Wildman–Crippen MR) is 78.9 cm³/mol. The van der Waals surface area contributed by atoms with Crippen molar-refractivity contribution in [2.24, 2.45) is 0 Å². The average molecular weight is 318 g/mol. The minimum absolute atomic E-state index is 0.0790. The van der Waals surface area contributed by atoms with E-state index in [1.54, 1.807) is 18.2 Å². The van der Waals surface area contributed by atoms with Crippen molar-refractivity contribution in [3.8, 4) is 0 Å². The van der Waals surface area contributed by atoms with Crippen LogP contribution in [0.15, 0.2) is 35.7 Å². The Morgan fingerprint density at radius 1 is 1.15 bits per heavy atom. The summed E-state index contributed by atoms with van der Waals surface area (Å²) in [5.74, 6) is -1.42. The highest BCUT2D eigenvalue weighted by atomic mass is 32.2. The van der Waals surface area contributed by atoms with E-state index in [9.17, 15) is 16.8 Å². The highest BCUT2D eigenvalue weighted by Gasteiger charge is 2.21. The van der Waals surface area contributed by atoms with E-state index in [2.05, 4.69) is 6.58 Å². The molecule has 0 aliphatic carbocycles. The van der Waals surface area contributed by atoms with Gasteiger partial charge in [0.25, 0.3) is 0 Å². The van der Waals surface area contributed by atoms with E-state index in [4.69, 9.17) is 5.11 Å². The SMILES string of the molecule is C=Cc1ccc(S(=O)(=O)CCS(=O)(=O)CC(C)O)cc1. The van der Waals surface area contributed by atoms with Crippen LogP contribution in [-0.2, 0) is 19.7 Å². The Morgan fingerprint density at radius 2 is 1.70 bits per heavy atom. The molecule has 0 aliphatic rings. The lowest BCUT2D eigenvalue weighted by molar-refractivity contribution is 0.218. The molecule has 20 heavy (non-hydrogen) atoms. The number of benzene rings is 1. The van der Waals surface area contributed by atoms with Crippen LogP contribution in [0.2, 0.25) is 0 Å². The van der Waals surface area contributed by atoms with Gasteiger partial charge < -0.3 is 5.11 Å². The van der Waals surface area contributed by atoms with E-state index >= 15 is 0 Å². The van der Waals surface area contributed by atoms with E-state index in [1.807, 2.05) is 0 Å². The Bertz CT molecular complexity index is 655. The monoisotopic (exact) mass is 318 g/mol. The summed E-state index contributed by atoms with van der Waals surface area (Å²) < 4.78 is 47.2. The Kier molecular flexibility index (Phi) is 5.50. The zero-order valence-electron chi connectivity index (χ0n) is 11.2. The Hall–Kier alpha value is -1.18. The summed E-state index contributed by atoms with van der Waals surface area (Å²) >= 11 is 0. The molecule has 1 aromatic rings. The van der Waals surface area contributed by atoms with E-state index in [0.29, 0.717) is 0 Å². The van der Waals surface area contributed by atoms with Crippen LogP contribution in [0.1, 0.15) is 12.5 Å². The first-order valence-corrected chi connectivity index (χ1v) is 9.47. The predicted octanol–water partition coefficient (Wildman–Crippen LogP) is 0.899. The molecule has 0 aromatic heterocycles. The first kappa shape index (κ1) is 16.9. The fourth-order valence-corrected chi connectivity index (χ4v) is 5.20. The van der Waals surface area contributed by atoms with E-state index in [-0.39, 0.29) is 4.90 Å². The van der Waals surface area contributed by atoms with Gasteiger partial charge in [0.1, 0.15) is 0 Å². The molecule has 1 rings (SSSR count). The van der Waals surface area contributed by atoms with Crippen LogP contribution < -0.4 is 0 Å². The van der Waals surface area contributed by atoms with Gasteiger partial charge in [-0.1, -0.05) is 24.8 Å². The zero-order chi connectivity index (χ0) is 15.4. The number of sulfone groups is 2. The van der Waals surface area contributed by atoms with Crippen LogP contribution in [0.25, 0.3) is 6.08 Å². The van der Waals surface area contributed by atoms with Crippen molar-refractivity contribution in [2.75, 3.05) is 17.3 Å². The summed E-state index contributed by atoms with van der Waals surface area (Å²) in [6.45, 7) is 4.91. The van der Waals surface area contributed by atoms with Crippen LogP contribution in [-0.4, -0.2) is 45.3 Å². The van der Waals surface area contributed by atoms with E-state index in [0.717, 1.165) is 5.56 Å². The smallest absolute Gasteiger partial charge is 0.179 e. The second-order valence-electron chi connectivity index (χ2n) is 4.56. The number of hydrogen-bond donors (Lipinski definition) is 1. The molecule has 5 nitrogen and oxygen atoms in total. The summed E-state index contributed by atoms with van der Waals surface area (Å²) in [5, 5.41) is 9.05. The minimum Gasteiger partial charge on any atom is -0.392 e. The Balaban J connectivity index is 2.82. The first-order valence-electron chi connectivity index (χ1n) is 6.00. The Labute approximate surface area is 119 Å². The van der Waals surface area contributed by atoms with Crippen molar-refractivity contribution in [2.45, 2.75) is 17.9 Å². The van der Waals surface area contributed by atoms with Gasteiger partial charge in [0, 0.05) is 0 Å². The normalized spacial score (nSPS) is 13.9. The molecule has 0 radical (unpaired) electrons. The van der Waals surface area contributed by atoms with Gasteiger partial charge in [-0.15, -0.1) is 0 Å². The minimum atomic E-state index is -3.65. The molecule has 0 saturated heterocycles. The Morgan fingerprint density at radius 3 is 2.15 bits per heavy atom. The van der Waals surface area contributed by atoms with Crippen molar-refractivity contribution in [1.82, 2.24) is 0 Å². The molecule has 1 N–H and O–H groups in total. The fourth-order valence-electron chi connectivity index (χ4n) is 1.62. The standard InChI is InChI=1S/C13H18O5S2/c1-3-12-4-6-13(7-5-12)20(17,18)9-8-19(15,16)10-11(2)14/h3-7,11,14H,1,8-10H2,2H3. The van der Waals surface area contributed by atoms with Gasteiger partial charge in [0.2, 0.25) is 0 Å². The lowest BCUT2D eigenvalue weighted by atomic mass is 10.2.